The highest BCUT2D eigenvalue weighted by atomic mass is 16.1. The molecule has 2 N–H and O–H groups in total. The summed E-state index contributed by atoms with van der Waals surface area (Å²) in [5, 5.41) is 9.40. The van der Waals surface area contributed by atoms with E-state index >= 15 is 0 Å². The van der Waals surface area contributed by atoms with Crippen molar-refractivity contribution in [3.63, 3.8) is 0 Å². The first-order valence-electron chi connectivity index (χ1n) is 5.53. The Bertz CT molecular complexity index is 561. The van der Waals surface area contributed by atoms with Crippen molar-refractivity contribution < 1.29 is 4.79 Å². The Hall–Kier alpha value is -2.37. The van der Waals surface area contributed by atoms with Crippen molar-refractivity contribution in [2.45, 2.75) is 6.92 Å². The van der Waals surface area contributed by atoms with Gasteiger partial charge in [0.1, 0.15) is 0 Å². The van der Waals surface area contributed by atoms with Gasteiger partial charge in [-0.2, -0.15) is 5.10 Å². The molecule has 0 aliphatic rings. The number of anilines is 2. The Labute approximate surface area is 105 Å². The topological polar surface area (TPSA) is 73.9 Å². The van der Waals surface area contributed by atoms with E-state index in [4.69, 9.17) is 0 Å². The highest BCUT2D eigenvalue weighted by molar-refractivity contribution is 6.06. The summed E-state index contributed by atoms with van der Waals surface area (Å²) in [6.45, 7) is 1.80. The zero-order valence-electron chi connectivity index (χ0n) is 10.6. The first kappa shape index (κ1) is 12.1. The van der Waals surface area contributed by atoms with Crippen LogP contribution < -0.4 is 10.2 Å². The van der Waals surface area contributed by atoms with E-state index in [-0.39, 0.29) is 5.91 Å². The van der Waals surface area contributed by atoms with Gasteiger partial charge in [-0.15, -0.1) is 0 Å². The second-order valence-corrected chi connectivity index (χ2v) is 4.13. The first-order chi connectivity index (χ1) is 8.59. The van der Waals surface area contributed by atoms with Crippen LogP contribution in [0.25, 0.3) is 0 Å². The van der Waals surface area contributed by atoms with Crippen molar-refractivity contribution in [3.05, 3.63) is 35.8 Å². The van der Waals surface area contributed by atoms with Crippen molar-refractivity contribution in [1.82, 2.24) is 15.2 Å². The normalized spacial score (nSPS) is 10.2. The molecule has 2 heterocycles. The minimum absolute atomic E-state index is 0.197. The summed E-state index contributed by atoms with van der Waals surface area (Å²) in [6.07, 6.45) is 3.20. The van der Waals surface area contributed by atoms with Gasteiger partial charge in [0.25, 0.3) is 5.91 Å². The molecule has 0 saturated carbocycles. The standard InChI is InChI=1S/C12H15N5O/c1-8-9(7-14-16-8)12(18)15-10-5-4-6-13-11(10)17(2)3/h4-7H,1-3H3,(H,14,16)(H,15,18). The third-order valence-corrected chi connectivity index (χ3v) is 2.53. The van der Waals surface area contributed by atoms with E-state index in [9.17, 15) is 4.79 Å². The van der Waals surface area contributed by atoms with Crippen LogP contribution in [-0.2, 0) is 0 Å². The molecule has 2 rings (SSSR count). The van der Waals surface area contributed by atoms with Gasteiger partial charge in [-0.3, -0.25) is 9.89 Å². The fourth-order valence-electron chi connectivity index (χ4n) is 1.62. The lowest BCUT2D eigenvalue weighted by Crippen LogP contribution is -2.18. The van der Waals surface area contributed by atoms with Gasteiger partial charge < -0.3 is 10.2 Å². The highest BCUT2D eigenvalue weighted by Crippen LogP contribution is 2.21. The molecule has 0 aliphatic heterocycles. The van der Waals surface area contributed by atoms with Crippen molar-refractivity contribution in [2.75, 3.05) is 24.3 Å². The molecule has 6 heteroatoms. The van der Waals surface area contributed by atoms with E-state index in [1.807, 2.05) is 25.1 Å². The molecule has 6 nitrogen and oxygen atoms in total. The van der Waals surface area contributed by atoms with Crippen LogP contribution >= 0.6 is 0 Å². The summed E-state index contributed by atoms with van der Waals surface area (Å²) in [5.74, 6) is 0.518. The molecule has 94 valence electrons. The maximum absolute atomic E-state index is 12.1. The summed E-state index contributed by atoms with van der Waals surface area (Å²) in [7, 11) is 3.75. The van der Waals surface area contributed by atoms with Crippen LogP contribution in [0.15, 0.2) is 24.5 Å². The first-order valence-corrected chi connectivity index (χ1v) is 5.53. The van der Waals surface area contributed by atoms with Crippen LogP contribution in [0.3, 0.4) is 0 Å². The van der Waals surface area contributed by atoms with Crippen molar-refractivity contribution >= 4 is 17.4 Å². The Morgan fingerprint density at radius 2 is 2.22 bits per heavy atom. The van der Waals surface area contributed by atoms with Crippen LogP contribution in [0.5, 0.6) is 0 Å². The monoisotopic (exact) mass is 245 g/mol. The number of aryl methyl sites for hydroxylation is 1. The van der Waals surface area contributed by atoms with Gasteiger partial charge in [0, 0.05) is 26.0 Å². The molecule has 0 aromatic carbocycles. The number of carbonyl (C=O) groups is 1. The van der Waals surface area contributed by atoms with E-state index in [2.05, 4.69) is 20.5 Å². The quantitative estimate of drug-likeness (QED) is 0.858. The molecule has 0 bridgehead atoms. The lowest BCUT2D eigenvalue weighted by atomic mass is 10.2. The molecule has 0 aliphatic carbocycles. The number of aromatic amines is 1. The molecular weight excluding hydrogens is 230 g/mol. The number of aromatic nitrogens is 3. The minimum Gasteiger partial charge on any atom is -0.361 e. The second-order valence-electron chi connectivity index (χ2n) is 4.13. The molecule has 0 saturated heterocycles. The Balaban J connectivity index is 2.25. The number of rotatable bonds is 3. The van der Waals surface area contributed by atoms with Crippen molar-refractivity contribution in [2.24, 2.45) is 0 Å². The molecule has 2 aromatic rings. The average molecular weight is 245 g/mol. The maximum Gasteiger partial charge on any atom is 0.259 e. The molecule has 0 atom stereocenters. The maximum atomic E-state index is 12.1. The van der Waals surface area contributed by atoms with E-state index in [0.29, 0.717) is 17.1 Å². The summed E-state index contributed by atoms with van der Waals surface area (Å²) >= 11 is 0. The minimum atomic E-state index is -0.197. The smallest absolute Gasteiger partial charge is 0.259 e. The average Bonchev–Trinajstić information content (AvgIpc) is 2.76. The van der Waals surface area contributed by atoms with Gasteiger partial charge in [0.05, 0.1) is 17.4 Å². The Morgan fingerprint density at radius 3 is 2.83 bits per heavy atom. The second kappa shape index (κ2) is 4.87. The zero-order valence-corrected chi connectivity index (χ0v) is 10.6. The lowest BCUT2D eigenvalue weighted by Gasteiger charge is -2.16. The third kappa shape index (κ3) is 2.32. The fraction of sp³-hybridized carbons (Fsp3) is 0.250. The number of nitrogens with zero attached hydrogens (tertiary/aromatic N) is 3. The zero-order chi connectivity index (χ0) is 13.1. The lowest BCUT2D eigenvalue weighted by molar-refractivity contribution is 0.102. The van der Waals surface area contributed by atoms with Gasteiger partial charge in [0.2, 0.25) is 0 Å². The predicted octanol–water partition coefficient (Wildman–Crippen LogP) is 1.43. The number of hydrogen-bond acceptors (Lipinski definition) is 4. The number of hydrogen-bond donors (Lipinski definition) is 2. The fourth-order valence-corrected chi connectivity index (χ4v) is 1.62. The van der Waals surface area contributed by atoms with Crippen molar-refractivity contribution in [1.29, 1.82) is 0 Å². The van der Waals surface area contributed by atoms with Gasteiger partial charge in [-0.1, -0.05) is 0 Å². The van der Waals surface area contributed by atoms with Crippen LogP contribution in [0.2, 0.25) is 0 Å². The van der Waals surface area contributed by atoms with Crippen LogP contribution in [-0.4, -0.2) is 35.2 Å². The van der Waals surface area contributed by atoms with E-state index < -0.39 is 0 Å². The van der Waals surface area contributed by atoms with E-state index in [1.165, 1.54) is 6.20 Å². The SMILES string of the molecule is Cc1[nH]ncc1C(=O)Nc1cccnc1N(C)C. The summed E-state index contributed by atoms with van der Waals surface area (Å²) in [6, 6.07) is 3.60. The highest BCUT2D eigenvalue weighted by Gasteiger charge is 2.13. The molecule has 0 spiro atoms. The molecule has 0 radical (unpaired) electrons. The Morgan fingerprint density at radius 1 is 1.44 bits per heavy atom. The number of nitrogens with one attached hydrogen (secondary N) is 2. The van der Waals surface area contributed by atoms with Gasteiger partial charge >= 0.3 is 0 Å². The van der Waals surface area contributed by atoms with Crippen molar-refractivity contribution in [3.8, 4) is 0 Å². The number of pyridine rings is 1. The molecule has 0 unspecified atom stereocenters. The van der Waals surface area contributed by atoms with Gasteiger partial charge in [0.15, 0.2) is 5.82 Å². The summed E-state index contributed by atoms with van der Waals surface area (Å²) < 4.78 is 0. The third-order valence-electron chi connectivity index (χ3n) is 2.53. The predicted molar refractivity (Wildman–Crippen MR) is 69.8 cm³/mol. The Kier molecular flexibility index (Phi) is 3.27. The molecular formula is C12H15N5O. The van der Waals surface area contributed by atoms with Gasteiger partial charge in [-0.05, 0) is 19.1 Å². The van der Waals surface area contributed by atoms with Gasteiger partial charge in [-0.25, -0.2) is 4.98 Å². The molecule has 1 amide bonds. The molecule has 18 heavy (non-hydrogen) atoms. The van der Waals surface area contributed by atoms with E-state index in [1.54, 1.807) is 19.2 Å². The largest absolute Gasteiger partial charge is 0.361 e. The number of amides is 1. The van der Waals surface area contributed by atoms with Crippen LogP contribution in [0.4, 0.5) is 11.5 Å². The number of carbonyl (C=O) groups excluding carboxylic acids is 1. The van der Waals surface area contributed by atoms with Crippen LogP contribution in [0.1, 0.15) is 16.1 Å². The van der Waals surface area contributed by atoms with E-state index in [0.717, 1.165) is 5.69 Å². The van der Waals surface area contributed by atoms with Crippen LogP contribution in [0, 0.1) is 6.92 Å². The molecule has 0 fully saturated rings. The number of H-pyrrole nitrogens is 1. The summed E-state index contributed by atoms with van der Waals surface area (Å²) in [4.78, 5) is 18.1. The summed E-state index contributed by atoms with van der Waals surface area (Å²) in [5.41, 5.74) is 1.94. The molecule has 2 aromatic heterocycles.